The van der Waals surface area contributed by atoms with Gasteiger partial charge in [-0.25, -0.2) is 19.0 Å². The maximum absolute atomic E-state index is 13.0. The van der Waals surface area contributed by atoms with Crippen LogP contribution in [-0.2, 0) is 16.1 Å². The molecule has 1 fully saturated rings. The van der Waals surface area contributed by atoms with E-state index < -0.39 is 12.1 Å². The van der Waals surface area contributed by atoms with Crippen LogP contribution >= 0.6 is 0 Å². The van der Waals surface area contributed by atoms with Crippen LogP contribution in [0.5, 0.6) is 0 Å². The molecule has 1 aliphatic rings. The van der Waals surface area contributed by atoms with Gasteiger partial charge in [-0.05, 0) is 74.7 Å². The summed E-state index contributed by atoms with van der Waals surface area (Å²) in [5.41, 5.74) is 1.49. The Morgan fingerprint density at radius 2 is 1.74 bits per heavy atom. The highest BCUT2D eigenvalue weighted by molar-refractivity contribution is 5.97. The van der Waals surface area contributed by atoms with Crippen molar-refractivity contribution >= 4 is 23.6 Å². The molecule has 0 spiro atoms. The number of hydrogen-bond donors (Lipinski definition) is 2. The molecule has 2 amide bonds. The van der Waals surface area contributed by atoms with Crippen molar-refractivity contribution in [2.24, 2.45) is 5.92 Å². The minimum Gasteiger partial charge on any atom is -0.475 e. The fourth-order valence-corrected chi connectivity index (χ4v) is 3.74. The molecular formula is C26H32F4N4O5. The number of nitrogens with zero attached hydrogens (tertiary/aromatic N) is 3. The van der Waals surface area contributed by atoms with Gasteiger partial charge in [0.05, 0.1) is 13.2 Å². The topological polar surface area (TPSA) is 112 Å². The summed E-state index contributed by atoms with van der Waals surface area (Å²) in [5, 5.41) is 9.95. The Balaban J connectivity index is 0.000000673. The van der Waals surface area contributed by atoms with Gasteiger partial charge in [-0.15, -0.1) is 0 Å². The number of Topliss-reactive ketones (excluding diaryl/α,β-unsaturated/α-hetero) is 1. The van der Waals surface area contributed by atoms with Crippen molar-refractivity contribution in [3.8, 4) is 0 Å². The fraction of sp³-hybridized carbons (Fsp3) is 0.462. The highest BCUT2D eigenvalue weighted by atomic mass is 19.4. The molecule has 1 saturated heterocycles. The van der Waals surface area contributed by atoms with E-state index in [1.54, 1.807) is 24.2 Å². The molecule has 2 aromatic rings. The van der Waals surface area contributed by atoms with Crippen LogP contribution in [0.25, 0.3) is 0 Å². The third kappa shape index (κ3) is 11.4. The molecule has 0 atom stereocenters. The SMILES string of the molecule is CCOCc1ccc(NC(=O)N(C)CC2CCN(CC(=O)c3ccc(F)cc3)CC2)nc1.O=C(O)C(F)(F)F. The number of halogens is 4. The molecule has 2 N–H and O–H groups in total. The molecule has 9 nitrogen and oxygen atoms in total. The molecule has 0 saturated carbocycles. The van der Waals surface area contributed by atoms with E-state index in [0.29, 0.717) is 43.6 Å². The number of alkyl halides is 3. The predicted molar refractivity (Wildman–Crippen MR) is 135 cm³/mol. The van der Waals surface area contributed by atoms with E-state index >= 15 is 0 Å². The van der Waals surface area contributed by atoms with E-state index in [1.807, 2.05) is 13.0 Å². The summed E-state index contributed by atoms with van der Waals surface area (Å²) in [7, 11) is 1.78. The monoisotopic (exact) mass is 556 g/mol. The largest absolute Gasteiger partial charge is 0.490 e. The molecule has 0 radical (unpaired) electrons. The van der Waals surface area contributed by atoms with Crippen molar-refractivity contribution < 1.29 is 41.8 Å². The summed E-state index contributed by atoms with van der Waals surface area (Å²) >= 11 is 0. The molecule has 214 valence electrons. The lowest BCUT2D eigenvalue weighted by molar-refractivity contribution is -0.192. The number of likely N-dealkylation sites (tertiary alicyclic amines) is 1. The van der Waals surface area contributed by atoms with Gasteiger partial charge in [0.2, 0.25) is 0 Å². The second-order valence-corrected chi connectivity index (χ2v) is 8.95. The highest BCUT2D eigenvalue weighted by Gasteiger charge is 2.38. The van der Waals surface area contributed by atoms with Crippen LogP contribution in [0.4, 0.5) is 28.2 Å². The summed E-state index contributed by atoms with van der Waals surface area (Å²) in [6, 6.07) is 9.15. The van der Waals surface area contributed by atoms with Crippen molar-refractivity contribution in [2.45, 2.75) is 32.5 Å². The first kappa shape index (κ1) is 31.6. The van der Waals surface area contributed by atoms with Gasteiger partial charge in [-0.1, -0.05) is 6.07 Å². The Morgan fingerprint density at radius 1 is 1.13 bits per heavy atom. The van der Waals surface area contributed by atoms with Gasteiger partial charge in [0.1, 0.15) is 11.6 Å². The van der Waals surface area contributed by atoms with Crippen LogP contribution in [-0.4, -0.2) is 83.7 Å². The van der Waals surface area contributed by atoms with Gasteiger partial charge in [0, 0.05) is 32.0 Å². The molecule has 39 heavy (non-hydrogen) atoms. The predicted octanol–water partition coefficient (Wildman–Crippen LogP) is 4.45. The molecule has 0 bridgehead atoms. The Hall–Kier alpha value is -3.58. The quantitative estimate of drug-likeness (QED) is 0.347. The van der Waals surface area contributed by atoms with Crippen LogP contribution in [0, 0.1) is 11.7 Å². The number of carbonyl (C=O) groups excluding carboxylic acids is 2. The van der Waals surface area contributed by atoms with E-state index in [9.17, 15) is 27.2 Å². The molecule has 1 aromatic heterocycles. The molecule has 1 aliphatic heterocycles. The zero-order chi connectivity index (χ0) is 29.0. The Bertz CT molecular complexity index is 1070. The maximum Gasteiger partial charge on any atom is 0.490 e. The Kier molecular flexibility index (Phi) is 12.3. The van der Waals surface area contributed by atoms with E-state index in [-0.39, 0.29) is 17.6 Å². The molecule has 2 heterocycles. The van der Waals surface area contributed by atoms with Gasteiger partial charge < -0.3 is 14.7 Å². The molecule has 1 aromatic carbocycles. The lowest BCUT2D eigenvalue weighted by atomic mass is 9.96. The van der Waals surface area contributed by atoms with Crippen molar-refractivity contribution in [3.63, 3.8) is 0 Å². The second-order valence-electron chi connectivity index (χ2n) is 8.95. The van der Waals surface area contributed by atoms with Crippen LogP contribution in [0.2, 0.25) is 0 Å². The van der Waals surface area contributed by atoms with Crippen LogP contribution in [0.3, 0.4) is 0 Å². The third-order valence-corrected chi connectivity index (χ3v) is 5.89. The number of anilines is 1. The van der Waals surface area contributed by atoms with Crippen molar-refractivity contribution in [1.82, 2.24) is 14.8 Å². The average molecular weight is 557 g/mol. The smallest absolute Gasteiger partial charge is 0.475 e. The summed E-state index contributed by atoms with van der Waals surface area (Å²) in [6.07, 6.45) is -1.55. The summed E-state index contributed by atoms with van der Waals surface area (Å²) < 4.78 is 50.1. The summed E-state index contributed by atoms with van der Waals surface area (Å²) in [4.78, 5) is 41.9. The number of ether oxygens (including phenoxy) is 1. The Morgan fingerprint density at radius 3 is 2.26 bits per heavy atom. The van der Waals surface area contributed by atoms with Gasteiger partial charge in [0.25, 0.3) is 0 Å². The number of ketones is 1. The third-order valence-electron chi connectivity index (χ3n) is 5.89. The number of pyridine rings is 1. The number of carboxylic acid groups (broad SMARTS) is 1. The molecule has 0 aliphatic carbocycles. The molecule has 3 rings (SSSR count). The van der Waals surface area contributed by atoms with Gasteiger partial charge >= 0.3 is 18.2 Å². The summed E-state index contributed by atoms with van der Waals surface area (Å²) in [5.74, 6) is -2.21. The number of aliphatic carboxylic acids is 1. The standard InChI is InChI=1S/C24H31FN4O3.C2HF3O2/c1-3-32-17-19-4-9-23(26-14-19)27-24(31)28(2)15-18-10-12-29(13-11-18)16-22(30)20-5-7-21(25)8-6-20;3-2(4,5)1(6)7/h4-9,14,18H,3,10-13,15-17H2,1-2H3,(H,26,27,31);(H,6,7). The van der Waals surface area contributed by atoms with Crippen molar-refractivity contribution in [1.29, 1.82) is 0 Å². The van der Waals surface area contributed by atoms with E-state index in [0.717, 1.165) is 31.5 Å². The zero-order valence-corrected chi connectivity index (χ0v) is 21.7. The molecular weight excluding hydrogens is 524 g/mol. The number of piperidine rings is 1. The number of benzene rings is 1. The fourth-order valence-electron chi connectivity index (χ4n) is 3.74. The summed E-state index contributed by atoms with van der Waals surface area (Å²) in [6.45, 7) is 5.67. The van der Waals surface area contributed by atoms with E-state index in [4.69, 9.17) is 14.6 Å². The van der Waals surface area contributed by atoms with Crippen LogP contribution in [0.1, 0.15) is 35.7 Å². The second kappa shape index (κ2) is 15.1. The normalized spacial score (nSPS) is 14.2. The number of hydrogen-bond acceptors (Lipinski definition) is 6. The minimum atomic E-state index is -5.08. The number of nitrogens with one attached hydrogen (secondary N) is 1. The number of rotatable bonds is 9. The maximum atomic E-state index is 13.0. The number of carboxylic acids is 1. The number of carbonyl (C=O) groups is 3. The zero-order valence-electron chi connectivity index (χ0n) is 21.7. The Labute approximate surface area is 223 Å². The van der Waals surface area contributed by atoms with Crippen molar-refractivity contribution in [2.75, 3.05) is 45.2 Å². The number of aromatic nitrogens is 1. The highest BCUT2D eigenvalue weighted by Crippen LogP contribution is 2.19. The van der Waals surface area contributed by atoms with E-state index in [2.05, 4.69) is 15.2 Å². The van der Waals surface area contributed by atoms with Crippen molar-refractivity contribution in [3.05, 3.63) is 59.5 Å². The average Bonchev–Trinajstić information content (AvgIpc) is 2.89. The van der Waals surface area contributed by atoms with Crippen LogP contribution in [0.15, 0.2) is 42.6 Å². The van der Waals surface area contributed by atoms with Gasteiger partial charge in [-0.3, -0.25) is 15.0 Å². The first-order valence-electron chi connectivity index (χ1n) is 12.2. The van der Waals surface area contributed by atoms with Gasteiger partial charge in [-0.2, -0.15) is 13.2 Å². The van der Waals surface area contributed by atoms with E-state index in [1.165, 1.54) is 24.3 Å². The number of amides is 2. The lowest BCUT2D eigenvalue weighted by Gasteiger charge is -2.33. The number of urea groups is 1. The molecule has 13 heteroatoms. The molecule has 0 unspecified atom stereocenters. The van der Waals surface area contributed by atoms with Crippen LogP contribution < -0.4 is 5.32 Å². The minimum absolute atomic E-state index is 0.000258. The first-order valence-corrected chi connectivity index (χ1v) is 12.2. The first-order chi connectivity index (χ1) is 18.4. The lowest BCUT2D eigenvalue weighted by Crippen LogP contribution is -2.42. The van der Waals surface area contributed by atoms with Gasteiger partial charge in [0.15, 0.2) is 5.78 Å².